The monoisotopic (exact) mass is 354 g/mol. The quantitative estimate of drug-likeness (QED) is 0.769. The first kappa shape index (κ1) is 20.9. The molecule has 0 bridgehead atoms. The Bertz CT molecular complexity index is 670. The smallest absolute Gasteiger partial charge is 0.475 e. The van der Waals surface area contributed by atoms with Crippen molar-refractivity contribution in [2.75, 3.05) is 11.0 Å². The van der Waals surface area contributed by atoms with Gasteiger partial charge in [0.1, 0.15) is 0 Å². The Labute approximate surface area is 131 Å². The van der Waals surface area contributed by atoms with Crippen LogP contribution >= 0.6 is 0 Å². The minimum absolute atomic E-state index is 0.0917. The van der Waals surface area contributed by atoms with E-state index in [2.05, 4.69) is 11.3 Å². The highest BCUT2D eigenvalue weighted by Crippen LogP contribution is 2.22. The Balaban J connectivity index is 0.000000585. The van der Waals surface area contributed by atoms with E-state index in [0.717, 1.165) is 17.4 Å². The SMILES string of the molecule is C=Cc1cc([C@@H](C)N)ccc1NS(C)(=O)=O.O=C(O)C(F)(F)F. The lowest BCUT2D eigenvalue weighted by atomic mass is 10.0. The Kier molecular flexibility index (Phi) is 7.25. The number of hydrogen-bond donors (Lipinski definition) is 3. The molecule has 0 fully saturated rings. The highest BCUT2D eigenvalue weighted by atomic mass is 32.2. The molecule has 1 atom stereocenters. The van der Waals surface area contributed by atoms with E-state index in [9.17, 15) is 21.6 Å². The Hall–Kier alpha value is -2.07. The summed E-state index contributed by atoms with van der Waals surface area (Å²) in [6.07, 6.45) is -2.38. The average molecular weight is 354 g/mol. The van der Waals surface area contributed by atoms with E-state index in [4.69, 9.17) is 15.6 Å². The molecule has 0 saturated carbocycles. The zero-order valence-electron chi connectivity index (χ0n) is 12.4. The van der Waals surface area contributed by atoms with Crippen molar-refractivity contribution in [1.82, 2.24) is 0 Å². The third kappa shape index (κ3) is 8.21. The van der Waals surface area contributed by atoms with Gasteiger partial charge in [-0.2, -0.15) is 13.2 Å². The largest absolute Gasteiger partial charge is 0.490 e. The number of anilines is 1. The molecule has 0 saturated heterocycles. The summed E-state index contributed by atoms with van der Waals surface area (Å²) in [5, 5.41) is 7.12. The summed E-state index contributed by atoms with van der Waals surface area (Å²) in [7, 11) is -3.27. The van der Waals surface area contributed by atoms with Crippen LogP contribution in [0.25, 0.3) is 6.08 Å². The second-order valence-corrected chi connectivity index (χ2v) is 6.27. The molecule has 0 amide bonds. The molecule has 6 nitrogen and oxygen atoms in total. The molecular formula is C13H17F3N2O4S. The van der Waals surface area contributed by atoms with Crippen LogP contribution in [-0.4, -0.2) is 31.9 Å². The molecule has 0 aliphatic heterocycles. The van der Waals surface area contributed by atoms with E-state index in [1.807, 2.05) is 13.0 Å². The molecule has 1 rings (SSSR count). The lowest BCUT2D eigenvalue weighted by molar-refractivity contribution is -0.192. The fourth-order valence-electron chi connectivity index (χ4n) is 1.33. The van der Waals surface area contributed by atoms with Gasteiger partial charge in [-0.15, -0.1) is 0 Å². The van der Waals surface area contributed by atoms with Crippen LogP contribution in [0.1, 0.15) is 24.1 Å². The van der Waals surface area contributed by atoms with E-state index in [1.165, 1.54) is 0 Å². The minimum atomic E-state index is -5.08. The average Bonchev–Trinajstić information content (AvgIpc) is 2.36. The molecule has 1 aromatic rings. The molecule has 1 aromatic carbocycles. The van der Waals surface area contributed by atoms with Gasteiger partial charge in [-0.1, -0.05) is 18.7 Å². The molecule has 0 spiro atoms. The number of halogens is 3. The minimum Gasteiger partial charge on any atom is -0.475 e. The number of carboxylic acid groups (broad SMARTS) is 1. The number of nitrogens with one attached hydrogen (secondary N) is 1. The maximum atomic E-state index is 11.1. The van der Waals surface area contributed by atoms with E-state index < -0.39 is 22.2 Å². The van der Waals surface area contributed by atoms with E-state index in [-0.39, 0.29) is 6.04 Å². The van der Waals surface area contributed by atoms with E-state index >= 15 is 0 Å². The van der Waals surface area contributed by atoms with Crippen molar-refractivity contribution in [2.24, 2.45) is 5.73 Å². The molecular weight excluding hydrogens is 337 g/mol. The van der Waals surface area contributed by atoms with Crippen molar-refractivity contribution in [3.05, 3.63) is 35.9 Å². The first-order valence-corrected chi connectivity index (χ1v) is 7.97. The van der Waals surface area contributed by atoms with Crippen LogP contribution in [0, 0.1) is 0 Å². The van der Waals surface area contributed by atoms with Crippen LogP contribution < -0.4 is 10.5 Å². The zero-order chi connectivity index (χ0) is 18.4. The first-order valence-electron chi connectivity index (χ1n) is 6.07. The molecule has 0 radical (unpaired) electrons. The molecule has 0 unspecified atom stereocenters. The van der Waals surface area contributed by atoms with Crippen LogP contribution in [0.15, 0.2) is 24.8 Å². The fraction of sp³-hybridized carbons (Fsp3) is 0.308. The normalized spacial score (nSPS) is 12.6. The number of sulfonamides is 1. The van der Waals surface area contributed by atoms with Crippen LogP contribution in [0.2, 0.25) is 0 Å². The van der Waals surface area contributed by atoms with E-state index in [0.29, 0.717) is 5.69 Å². The van der Waals surface area contributed by atoms with Gasteiger partial charge in [-0.05, 0) is 30.2 Å². The van der Waals surface area contributed by atoms with Crippen LogP contribution in [0.3, 0.4) is 0 Å². The zero-order valence-corrected chi connectivity index (χ0v) is 13.2. The first-order chi connectivity index (χ1) is 10.3. The Morgan fingerprint density at radius 1 is 1.43 bits per heavy atom. The standard InChI is InChI=1S/C11H16N2O2S.C2HF3O2/c1-4-9-7-10(8(2)12)5-6-11(9)13-16(3,14)15;3-2(4,5)1(6)7/h4-8,13H,1,12H2,2-3H3;(H,6,7)/t8-;/m1./s1. The van der Waals surface area contributed by atoms with Gasteiger partial charge in [0, 0.05) is 6.04 Å². The molecule has 23 heavy (non-hydrogen) atoms. The highest BCUT2D eigenvalue weighted by Gasteiger charge is 2.38. The van der Waals surface area contributed by atoms with Gasteiger partial charge in [-0.3, -0.25) is 4.72 Å². The van der Waals surface area contributed by atoms with Gasteiger partial charge >= 0.3 is 12.1 Å². The fourth-order valence-corrected chi connectivity index (χ4v) is 1.91. The van der Waals surface area contributed by atoms with E-state index in [1.54, 1.807) is 18.2 Å². The second-order valence-electron chi connectivity index (χ2n) is 4.52. The van der Waals surface area contributed by atoms with Gasteiger partial charge in [-0.25, -0.2) is 13.2 Å². The Morgan fingerprint density at radius 2 is 1.91 bits per heavy atom. The number of hydrogen-bond acceptors (Lipinski definition) is 4. The van der Waals surface area contributed by atoms with Crippen LogP contribution in [0.5, 0.6) is 0 Å². The molecule has 4 N–H and O–H groups in total. The second kappa shape index (κ2) is 7.97. The van der Waals surface area contributed by atoms with Crippen molar-refractivity contribution in [1.29, 1.82) is 0 Å². The highest BCUT2D eigenvalue weighted by molar-refractivity contribution is 7.92. The van der Waals surface area contributed by atoms with Crippen molar-refractivity contribution in [3.8, 4) is 0 Å². The number of carboxylic acids is 1. The third-order valence-corrected chi connectivity index (χ3v) is 2.95. The number of rotatable bonds is 4. The van der Waals surface area contributed by atoms with Crippen molar-refractivity contribution >= 4 is 27.8 Å². The maximum Gasteiger partial charge on any atom is 0.490 e. The number of nitrogens with two attached hydrogens (primary N) is 1. The number of benzene rings is 1. The number of alkyl halides is 3. The molecule has 0 aliphatic rings. The summed E-state index contributed by atoms with van der Waals surface area (Å²) in [5.74, 6) is -2.76. The maximum absolute atomic E-state index is 11.1. The topological polar surface area (TPSA) is 109 Å². The number of aliphatic carboxylic acids is 1. The predicted octanol–water partition coefficient (Wildman–Crippen LogP) is 2.35. The lowest BCUT2D eigenvalue weighted by Crippen LogP contribution is -2.21. The summed E-state index contributed by atoms with van der Waals surface area (Å²) in [5.41, 5.74) is 7.92. The summed E-state index contributed by atoms with van der Waals surface area (Å²) in [6.45, 7) is 5.51. The van der Waals surface area contributed by atoms with Crippen molar-refractivity contribution in [2.45, 2.75) is 19.1 Å². The third-order valence-electron chi connectivity index (χ3n) is 2.36. The van der Waals surface area contributed by atoms with Crippen LogP contribution in [0.4, 0.5) is 18.9 Å². The predicted molar refractivity (Wildman–Crippen MR) is 81.3 cm³/mol. The summed E-state index contributed by atoms with van der Waals surface area (Å²) in [4.78, 5) is 8.90. The molecule has 0 heterocycles. The summed E-state index contributed by atoms with van der Waals surface area (Å²) >= 11 is 0. The molecule has 10 heteroatoms. The molecule has 0 aromatic heterocycles. The van der Waals surface area contributed by atoms with Crippen molar-refractivity contribution < 1.29 is 31.5 Å². The van der Waals surface area contributed by atoms with Gasteiger partial charge in [0.05, 0.1) is 11.9 Å². The lowest BCUT2D eigenvalue weighted by Gasteiger charge is -2.11. The van der Waals surface area contributed by atoms with Crippen LogP contribution in [-0.2, 0) is 14.8 Å². The van der Waals surface area contributed by atoms with Gasteiger partial charge < -0.3 is 10.8 Å². The Morgan fingerprint density at radius 3 is 2.22 bits per heavy atom. The van der Waals surface area contributed by atoms with Gasteiger partial charge in [0.15, 0.2) is 0 Å². The molecule has 130 valence electrons. The molecule has 0 aliphatic carbocycles. The summed E-state index contributed by atoms with van der Waals surface area (Å²) < 4.78 is 56.4. The number of carbonyl (C=O) groups is 1. The van der Waals surface area contributed by atoms with Crippen molar-refractivity contribution in [3.63, 3.8) is 0 Å². The van der Waals surface area contributed by atoms with Gasteiger partial charge in [0.25, 0.3) is 0 Å². The summed E-state index contributed by atoms with van der Waals surface area (Å²) in [6, 6.07) is 5.22. The van der Waals surface area contributed by atoms with Gasteiger partial charge in [0.2, 0.25) is 10.0 Å².